The Labute approximate surface area is 164 Å². The van der Waals surface area contributed by atoms with E-state index in [2.05, 4.69) is 20.3 Å². The number of amides is 1. The summed E-state index contributed by atoms with van der Waals surface area (Å²) in [6.07, 6.45) is 1.48. The highest BCUT2D eigenvalue weighted by molar-refractivity contribution is 8.00. The summed E-state index contributed by atoms with van der Waals surface area (Å²) in [6.45, 7) is 1.67. The minimum atomic E-state index is -0.350. The Morgan fingerprint density at radius 1 is 1.25 bits per heavy atom. The maximum atomic E-state index is 13.6. The first-order valence-corrected chi connectivity index (χ1v) is 9.53. The van der Waals surface area contributed by atoms with Crippen molar-refractivity contribution in [2.45, 2.75) is 11.9 Å². The summed E-state index contributed by atoms with van der Waals surface area (Å²) in [4.78, 5) is 24.2. The van der Waals surface area contributed by atoms with Gasteiger partial charge in [0.25, 0.3) is 0 Å². The van der Waals surface area contributed by atoms with E-state index in [1.54, 1.807) is 26.2 Å². The normalized spacial score (nSPS) is 11.1. The fourth-order valence-electron chi connectivity index (χ4n) is 2.89. The van der Waals surface area contributed by atoms with Crippen LogP contribution in [0.15, 0.2) is 47.8 Å². The van der Waals surface area contributed by atoms with Gasteiger partial charge in [-0.15, -0.1) is 0 Å². The molecule has 0 saturated carbocycles. The standard InChI is InChI=1S/C20H17FN4O2S/c1-11-3-4-12(7-15(11)21)24-17(26)9-28-20-19-18(22-10-23-20)14-8-13(27-2)5-6-16(14)25-19/h3-8,10,25H,9H2,1-2H3,(H,24,26). The third-order valence-corrected chi connectivity index (χ3v) is 5.34. The number of thioether (sulfide) groups is 1. The van der Waals surface area contributed by atoms with Gasteiger partial charge in [0.1, 0.15) is 28.4 Å². The molecule has 0 aliphatic heterocycles. The Kier molecular flexibility index (Phi) is 4.87. The number of benzene rings is 2. The highest BCUT2D eigenvalue weighted by Gasteiger charge is 2.13. The van der Waals surface area contributed by atoms with Crippen molar-refractivity contribution in [1.82, 2.24) is 15.0 Å². The topological polar surface area (TPSA) is 79.9 Å². The summed E-state index contributed by atoms with van der Waals surface area (Å²) in [6, 6.07) is 10.3. The number of methoxy groups -OCH3 is 1. The largest absolute Gasteiger partial charge is 0.497 e. The molecule has 0 unspecified atom stereocenters. The van der Waals surface area contributed by atoms with E-state index in [0.29, 0.717) is 16.3 Å². The van der Waals surface area contributed by atoms with Crippen LogP contribution in [-0.4, -0.2) is 33.7 Å². The van der Waals surface area contributed by atoms with E-state index in [1.807, 2.05) is 18.2 Å². The van der Waals surface area contributed by atoms with Gasteiger partial charge in [-0.3, -0.25) is 4.79 Å². The maximum Gasteiger partial charge on any atom is 0.234 e. The van der Waals surface area contributed by atoms with Gasteiger partial charge in [-0.2, -0.15) is 0 Å². The molecule has 2 heterocycles. The van der Waals surface area contributed by atoms with E-state index >= 15 is 0 Å². The van der Waals surface area contributed by atoms with Gasteiger partial charge in [-0.25, -0.2) is 14.4 Å². The van der Waals surface area contributed by atoms with Gasteiger partial charge in [-0.1, -0.05) is 17.8 Å². The first-order valence-electron chi connectivity index (χ1n) is 8.54. The van der Waals surface area contributed by atoms with Crippen molar-refractivity contribution in [2.24, 2.45) is 0 Å². The zero-order valence-electron chi connectivity index (χ0n) is 15.2. The molecule has 0 spiro atoms. The van der Waals surface area contributed by atoms with E-state index < -0.39 is 0 Å². The van der Waals surface area contributed by atoms with Gasteiger partial charge < -0.3 is 15.0 Å². The molecule has 0 aliphatic carbocycles. The molecule has 0 saturated heterocycles. The predicted octanol–water partition coefficient (Wildman–Crippen LogP) is 4.30. The summed E-state index contributed by atoms with van der Waals surface area (Å²) >= 11 is 1.29. The molecule has 0 radical (unpaired) electrons. The fourth-order valence-corrected chi connectivity index (χ4v) is 3.64. The monoisotopic (exact) mass is 396 g/mol. The van der Waals surface area contributed by atoms with Crippen LogP contribution in [0.4, 0.5) is 10.1 Å². The molecule has 0 fully saturated rings. The maximum absolute atomic E-state index is 13.6. The lowest BCUT2D eigenvalue weighted by molar-refractivity contribution is -0.113. The Morgan fingerprint density at radius 2 is 2.11 bits per heavy atom. The first kappa shape index (κ1) is 18.2. The van der Waals surface area contributed by atoms with Gasteiger partial charge >= 0.3 is 0 Å². The summed E-state index contributed by atoms with van der Waals surface area (Å²) in [5.41, 5.74) is 3.42. The number of aromatic amines is 1. The van der Waals surface area contributed by atoms with Crippen LogP contribution in [0.3, 0.4) is 0 Å². The number of carbonyl (C=O) groups is 1. The molecule has 2 N–H and O–H groups in total. The van der Waals surface area contributed by atoms with Crippen LogP contribution in [0.1, 0.15) is 5.56 Å². The zero-order valence-corrected chi connectivity index (χ0v) is 16.1. The number of anilines is 1. The number of aromatic nitrogens is 3. The van der Waals surface area contributed by atoms with Gasteiger partial charge in [0.05, 0.1) is 18.4 Å². The number of hydrogen-bond donors (Lipinski definition) is 2. The number of halogens is 1. The smallest absolute Gasteiger partial charge is 0.234 e. The Bertz CT molecular complexity index is 1190. The second-order valence-corrected chi connectivity index (χ2v) is 7.20. The molecule has 142 valence electrons. The predicted molar refractivity (Wildman–Crippen MR) is 108 cm³/mol. The molecular formula is C20H17FN4O2S. The number of rotatable bonds is 5. The molecule has 6 nitrogen and oxygen atoms in total. The van der Waals surface area contributed by atoms with Crippen LogP contribution in [0.2, 0.25) is 0 Å². The molecule has 28 heavy (non-hydrogen) atoms. The Morgan fingerprint density at radius 3 is 2.89 bits per heavy atom. The van der Waals surface area contributed by atoms with Crippen LogP contribution in [0.5, 0.6) is 5.75 Å². The van der Waals surface area contributed by atoms with Crippen molar-refractivity contribution in [1.29, 1.82) is 0 Å². The van der Waals surface area contributed by atoms with Crippen LogP contribution >= 0.6 is 11.8 Å². The van der Waals surface area contributed by atoms with Crippen molar-refractivity contribution < 1.29 is 13.9 Å². The molecule has 2 aromatic heterocycles. The zero-order chi connectivity index (χ0) is 19.7. The number of hydrogen-bond acceptors (Lipinski definition) is 5. The number of nitrogens with one attached hydrogen (secondary N) is 2. The molecule has 4 rings (SSSR count). The van der Waals surface area contributed by atoms with E-state index in [0.717, 1.165) is 27.7 Å². The third-order valence-electron chi connectivity index (χ3n) is 4.35. The minimum Gasteiger partial charge on any atom is -0.497 e. The van der Waals surface area contributed by atoms with E-state index in [1.165, 1.54) is 24.2 Å². The van der Waals surface area contributed by atoms with E-state index in [4.69, 9.17) is 4.74 Å². The Hall–Kier alpha value is -3.13. The molecule has 0 atom stereocenters. The minimum absolute atomic E-state index is 0.139. The van der Waals surface area contributed by atoms with Crippen LogP contribution in [-0.2, 0) is 4.79 Å². The first-order chi connectivity index (χ1) is 13.5. The molecule has 8 heteroatoms. The van der Waals surface area contributed by atoms with Crippen molar-refractivity contribution in [3.05, 3.63) is 54.1 Å². The average molecular weight is 396 g/mol. The second-order valence-electron chi connectivity index (χ2n) is 6.24. The molecular weight excluding hydrogens is 379 g/mol. The van der Waals surface area contributed by atoms with Crippen molar-refractivity contribution in [3.8, 4) is 5.75 Å². The molecule has 4 aromatic rings. The summed E-state index contributed by atoms with van der Waals surface area (Å²) in [7, 11) is 1.62. The van der Waals surface area contributed by atoms with Gasteiger partial charge in [0.15, 0.2) is 0 Å². The van der Waals surface area contributed by atoms with Crippen molar-refractivity contribution in [3.63, 3.8) is 0 Å². The summed E-state index contributed by atoms with van der Waals surface area (Å²) < 4.78 is 18.9. The van der Waals surface area contributed by atoms with Gasteiger partial charge in [0.2, 0.25) is 5.91 Å². The van der Waals surface area contributed by atoms with Crippen LogP contribution in [0.25, 0.3) is 21.9 Å². The number of aryl methyl sites for hydroxylation is 1. The van der Waals surface area contributed by atoms with Crippen molar-refractivity contribution in [2.75, 3.05) is 18.2 Å². The molecule has 0 bridgehead atoms. The highest BCUT2D eigenvalue weighted by atomic mass is 32.2. The quantitative estimate of drug-likeness (QED) is 0.388. The summed E-state index contributed by atoms with van der Waals surface area (Å²) in [5, 5.41) is 4.30. The number of ether oxygens (including phenoxy) is 1. The molecule has 2 aromatic carbocycles. The lowest BCUT2D eigenvalue weighted by Crippen LogP contribution is -2.14. The lowest BCUT2D eigenvalue weighted by atomic mass is 10.2. The number of nitrogens with zero attached hydrogens (tertiary/aromatic N) is 2. The highest BCUT2D eigenvalue weighted by Crippen LogP contribution is 2.31. The number of carbonyl (C=O) groups excluding carboxylic acids is 1. The average Bonchev–Trinajstić information content (AvgIpc) is 3.07. The lowest BCUT2D eigenvalue weighted by Gasteiger charge is -2.06. The number of fused-ring (bicyclic) bond motifs is 3. The second kappa shape index (κ2) is 7.47. The third kappa shape index (κ3) is 3.50. The van der Waals surface area contributed by atoms with Crippen LogP contribution < -0.4 is 10.1 Å². The van der Waals surface area contributed by atoms with E-state index in [9.17, 15) is 9.18 Å². The van der Waals surface area contributed by atoms with Gasteiger partial charge in [-0.05, 0) is 42.8 Å². The van der Waals surface area contributed by atoms with Crippen LogP contribution in [0, 0.1) is 12.7 Å². The Balaban J connectivity index is 1.54. The molecule has 1 amide bonds. The SMILES string of the molecule is COc1ccc2[nH]c3c(SCC(=O)Nc4ccc(C)c(F)c4)ncnc3c2c1. The van der Waals surface area contributed by atoms with E-state index in [-0.39, 0.29) is 17.5 Å². The number of H-pyrrole nitrogens is 1. The van der Waals surface area contributed by atoms with Crippen molar-refractivity contribution >= 4 is 45.3 Å². The summed E-state index contributed by atoms with van der Waals surface area (Å²) in [5.74, 6) is 0.292. The fraction of sp³-hybridized carbons (Fsp3) is 0.150. The van der Waals surface area contributed by atoms with Gasteiger partial charge in [0, 0.05) is 16.6 Å². The molecule has 0 aliphatic rings.